The van der Waals surface area contributed by atoms with Gasteiger partial charge in [-0.15, -0.1) is 0 Å². The molecular weight excluding hydrogens is 280 g/mol. The first-order valence-electron chi connectivity index (χ1n) is 7.06. The maximum absolute atomic E-state index is 11.2. The number of aliphatic carboxylic acids is 1. The van der Waals surface area contributed by atoms with Crippen molar-refractivity contribution in [3.8, 4) is 0 Å². The lowest BCUT2D eigenvalue weighted by Crippen LogP contribution is -2.13. The monoisotopic (exact) mass is 302 g/mol. The van der Waals surface area contributed by atoms with Gasteiger partial charge in [-0.05, 0) is 19.3 Å². The van der Waals surface area contributed by atoms with Gasteiger partial charge < -0.3 is 14.6 Å². The third-order valence-electron chi connectivity index (χ3n) is 2.54. The summed E-state index contributed by atoms with van der Waals surface area (Å²) in [4.78, 5) is 43.8. The van der Waals surface area contributed by atoms with Crippen molar-refractivity contribution in [2.45, 2.75) is 58.3 Å². The Morgan fingerprint density at radius 1 is 0.810 bits per heavy atom. The van der Waals surface area contributed by atoms with Crippen molar-refractivity contribution in [2.75, 3.05) is 6.61 Å². The first-order chi connectivity index (χ1) is 9.95. The van der Waals surface area contributed by atoms with Crippen molar-refractivity contribution in [3.05, 3.63) is 0 Å². The number of carboxylic acid groups (broad SMARTS) is 1. The van der Waals surface area contributed by atoms with Gasteiger partial charge in [0.25, 0.3) is 0 Å². The fraction of sp³-hybridized carbons (Fsp3) is 0.714. The Balaban J connectivity index is 3.59. The van der Waals surface area contributed by atoms with E-state index in [-0.39, 0.29) is 31.7 Å². The molecule has 0 saturated carbocycles. The van der Waals surface area contributed by atoms with Crippen LogP contribution in [0.25, 0.3) is 0 Å². The van der Waals surface area contributed by atoms with Gasteiger partial charge >= 0.3 is 23.9 Å². The Morgan fingerprint density at radius 3 is 1.95 bits per heavy atom. The smallest absolute Gasteiger partial charge is 0.314 e. The van der Waals surface area contributed by atoms with Gasteiger partial charge in [-0.1, -0.05) is 13.3 Å². The van der Waals surface area contributed by atoms with Crippen molar-refractivity contribution >= 4 is 23.9 Å². The van der Waals surface area contributed by atoms with Gasteiger partial charge in [0.15, 0.2) is 0 Å². The highest BCUT2D eigenvalue weighted by molar-refractivity contribution is 5.87. The number of ether oxygens (including phenoxy) is 2. The van der Waals surface area contributed by atoms with E-state index in [1.807, 2.05) is 6.92 Å². The van der Waals surface area contributed by atoms with Crippen LogP contribution < -0.4 is 0 Å². The molecule has 0 aromatic heterocycles. The number of esters is 3. The average Bonchev–Trinajstić information content (AvgIpc) is 2.41. The number of hydrogen-bond acceptors (Lipinski definition) is 6. The van der Waals surface area contributed by atoms with Crippen LogP contribution in [-0.4, -0.2) is 35.6 Å². The molecule has 21 heavy (non-hydrogen) atoms. The molecule has 0 rings (SSSR count). The summed E-state index contributed by atoms with van der Waals surface area (Å²) < 4.78 is 9.37. The molecule has 0 atom stereocenters. The van der Waals surface area contributed by atoms with Gasteiger partial charge in [0.05, 0.1) is 19.4 Å². The molecule has 0 aromatic carbocycles. The Hall–Kier alpha value is -1.92. The third kappa shape index (κ3) is 12.8. The van der Waals surface area contributed by atoms with E-state index in [1.54, 1.807) is 0 Å². The third-order valence-corrected chi connectivity index (χ3v) is 2.54. The second-order valence-corrected chi connectivity index (χ2v) is 4.52. The van der Waals surface area contributed by atoms with Crippen LogP contribution in [-0.2, 0) is 28.7 Å². The Labute approximate surface area is 123 Å². The lowest BCUT2D eigenvalue weighted by molar-refractivity contribution is -0.161. The lowest BCUT2D eigenvalue weighted by atomic mass is 10.2. The quantitative estimate of drug-likeness (QED) is 0.352. The molecule has 0 aliphatic heterocycles. The van der Waals surface area contributed by atoms with Gasteiger partial charge in [-0.25, -0.2) is 0 Å². The number of carbonyl (C=O) groups excluding carboxylic acids is 3. The molecule has 0 bridgehead atoms. The van der Waals surface area contributed by atoms with Crippen LogP contribution >= 0.6 is 0 Å². The van der Waals surface area contributed by atoms with E-state index in [0.717, 1.165) is 12.8 Å². The van der Waals surface area contributed by atoms with Gasteiger partial charge in [0, 0.05) is 12.8 Å². The van der Waals surface area contributed by atoms with Crippen LogP contribution in [0, 0.1) is 0 Å². The molecule has 0 aliphatic carbocycles. The summed E-state index contributed by atoms with van der Waals surface area (Å²) in [6.45, 7) is 2.41. The van der Waals surface area contributed by atoms with Gasteiger partial charge in [-0.3, -0.25) is 19.2 Å². The van der Waals surface area contributed by atoms with Gasteiger partial charge in [0.1, 0.15) is 0 Å². The molecule has 7 heteroatoms. The first kappa shape index (κ1) is 19.1. The Kier molecular flexibility index (Phi) is 10.8. The van der Waals surface area contributed by atoms with Crippen molar-refractivity contribution in [3.63, 3.8) is 0 Å². The summed E-state index contributed by atoms with van der Waals surface area (Å²) in [5, 5.41) is 8.36. The standard InChI is InChI=1S/C14H22O7/c1-2-3-10-20-12(17)6-4-5-7-13(18)21-14(19)9-8-11(15)16/h2-10H2,1H3,(H,15,16). The maximum Gasteiger partial charge on any atom is 0.314 e. The summed E-state index contributed by atoms with van der Waals surface area (Å²) in [7, 11) is 0. The Bertz CT molecular complexity index is 362. The molecule has 120 valence electrons. The van der Waals surface area contributed by atoms with Gasteiger partial charge in [0.2, 0.25) is 0 Å². The molecule has 0 aliphatic rings. The average molecular weight is 302 g/mol. The highest BCUT2D eigenvalue weighted by atomic mass is 16.6. The molecule has 0 amide bonds. The highest BCUT2D eigenvalue weighted by Gasteiger charge is 2.12. The number of rotatable bonds is 11. The van der Waals surface area contributed by atoms with Crippen molar-refractivity contribution < 1.29 is 33.8 Å². The molecule has 0 aromatic rings. The van der Waals surface area contributed by atoms with Crippen molar-refractivity contribution in [1.29, 1.82) is 0 Å². The SMILES string of the molecule is CCCCOC(=O)CCCCC(=O)OC(=O)CCC(=O)O. The number of carbonyl (C=O) groups is 4. The lowest BCUT2D eigenvalue weighted by Gasteiger charge is -2.04. The maximum atomic E-state index is 11.2. The fourth-order valence-corrected chi connectivity index (χ4v) is 1.38. The molecule has 7 nitrogen and oxygen atoms in total. The van der Waals surface area contributed by atoms with Crippen LogP contribution in [0.15, 0.2) is 0 Å². The van der Waals surface area contributed by atoms with E-state index in [4.69, 9.17) is 9.84 Å². The molecule has 1 N–H and O–H groups in total. The molecule has 0 heterocycles. The number of unbranched alkanes of at least 4 members (excludes halogenated alkanes) is 2. The minimum atomic E-state index is -1.12. The topological polar surface area (TPSA) is 107 Å². The highest BCUT2D eigenvalue weighted by Crippen LogP contribution is 2.04. The summed E-state index contributed by atoms with van der Waals surface area (Å²) >= 11 is 0. The van der Waals surface area contributed by atoms with E-state index in [0.29, 0.717) is 19.4 Å². The number of hydrogen-bond donors (Lipinski definition) is 1. The zero-order valence-electron chi connectivity index (χ0n) is 12.3. The summed E-state index contributed by atoms with van der Waals surface area (Å²) in [6, 6.07) is 0. The minimum absolute atomic E-state index is 0.0149. The van der Waals surface area contributed by atoms with Crippen LogP contribution in [0.4, 0.5) is 0 Å². The van der Waals surface area contributed by atoms with E-state index < -0.39 is 17.9 Å². The van der Waals surface area contributed by atoms with E-state index in [2.05, 4.69) is 4.74 Å². The van der Waals surface area contributed by atoms with Crippen LogP contribution in [0.1, 0.15) is 58.3 Å². The molecule has 0 fully saturated rings. The van der Waals surface area contributed by atoms with Crippen molar-refractivity contribution in [1.82, 2.24) is 0 Å². The van der Waals surface area contributed by atoms with Crippen LogP contribution in [0.3, 0.4) is 0 Å². The largest absolute Gasteiger partial charge is 0.481 e. The molecule has 0 radical (unpaired) electrons. The summed E-state index contributed by atoms with van der Waals surface area (Å²) in [5.41, 5.74) is 0. The predicted octanol–water partition coefficient (Wildman–Crippen LogP) is 1.82. The zero-order chi connectivity index (χ0) is 16.1. The zero-order valence-corrected chi connectivity index (χ0v) is 12.3. The van der Waals surface area contributed by atoms with Crippen LogP contribution in [0.5, 0.6) is 0 Å². The molecular formula is C14H22O7. The van der Waals surface area contributed by atoms with E-state index in [9.17, 15) is 19.2 Å². The van der Waals surface area contributed by atoms with Crippen LogP contribution in [0.2, 0.25) is 0 Å². The van der Waals surface area contributed by atoms with Crippen molar-refractivity contribution in [2.24, 2.45) is 0 Å². The van der Waals surface area contributed by atoms with E-state index >= 15 is 0 Å². The first-order valence-corrected chi connectivity index (χ1v) is 7.06. The summed E-state index contributed by atoms with van der Waals surface area (Å²) in [5.74, 6) is -2.97. The Morgan fingerprint density at radius 2 is 1.38 bits per heavy atom. The molecule has 0 unspecified atom stereocenters. The fourth-order valence-electron chi connectivity index (χ4n) is 1.38. The molecule has 0 saturated heterocycles. The van der Waals surface area contributed by atoms with Gasteiger partial charge in [-0.2, -0.15) is 0 Å². The summed E-state index contributed by atoms with van der Waals surface area (Å²) in [6.07, 6.45) is 2.22. The normalized spacial score (nSPS) is 9.95. The number of carboxylic acids is 1. The molecule has 0 spiro atoms. The predicted molar refractivity (Wildman–Crippen MR) is 72.3 cm³/mol. The van der Waals surface area contributed by atoms with E-state index in [1.165, 1.54) is 0 Å². The minimum Gasteiger partial charge on any atom is -0.481 e. The second kappa shape index (κ2) is 11.9. The second-order valence-electron chi connectivity index (χ2n) is 4.52.